The summed E-state index contributed by atoms with van der Waals surface area (Å²) in [5, 5.41) is 14.7. The maximum absolute atomic E-state index is 13.1. The second-order valence-electron chi connectivity index (χ2n) is 18.2. The first kappa shape index (κ1) is 39.8. The van der Waals surface area contributed by atoms with Crippen molar-refractivity contribution in [1.82, 2.24) is 14.8 Å². The van der Waals surface area contributed by atoms with Gasteiger partial charge >= 0.3 is 5.97 Å². The van der Waals surface area contributed by atoms with E-state index in [1.807, 2.05) is 36.3 Å². The first-order valence-corrected chi connectivity index (χ1v) is 21.5. The van der Waals surface area contributed by atoms with Crippen LogP contribution in [0.4, 0.5) is 5.69 Å². The normalized spacial score (nSPS) is 28.5. The molecule has 2 aliphatic heterocycles. The van der Waals surface area contributed by atoms with E-state index in [1.165, 1.54) is 28.8 Å². The number of amides is 1. The van der Waals surface area contributed by atoms with Gasteiger partial charge in [0.1, 0.15) is 11.3 Å². The van der Waals surface area contributed by atoms with Crippen molar-refractivity contribution in [3.8, 4) is 17.2 Å². The summed E-state index contributed by atoms with van der Waals surface area (Å²) in [5.41, 5.74) is 4.44. The van der Waals surface area contributed by atoms with Crippen LogP contribution in [0.1, 0.15) is 93.5 Å². The second kappa shape index (κ2) is 16.3. The lowest BCUT2D eigenvalue weighted by atomic mass is 9.59. The van der Waals surface area contributed by atoms with E-state index in [1.54, 1.807) is 12.1 Å². The summed E-state index contributed by atoms with van der Waals surface area (Å²) >= 11 is 6.33. The zero-order valence-corrected chi connectivity index (χ0v) is 34.8. The van der Waals surface area contributed by atoms with Gasteiger partial charge < -0.3 is 34.4 Å². The number of hydrogen-bond donors (Lipinski definition) is 2. The number of carbonyl (C=O) groups excluding carboxylic acids is 1. The molecule has 0 bridgehead atoms. The van der Waals surface area contributed by atoms with E-state index < -0.39 is 11.5 Å². The lowest BCUT2D eigenvalue weighted by Gasteiger charge is -2.47. The molecular weight excluding hydrogens is 740 g/mol. The van der Waals surface area contributed by atoms with Gasteiger partial charge in [-0.3, -0.25) is 9.78 Å². The van der Waals surface area contributed by atoms with E-state index in [0.29, 0.717) is 61.9 Å². The lowest BCUT2D eigenvalue weighted by molar-refractivity contribution is -0.144. The average Bonchev–Trinajstić information content (AvgIpc) is 3.55. The molecule has 2 aromatic carbocycles. The number of halogens is 1. The third-order valence-electron chi connectivity index (χ3n) is 13.9. The van der Waals surface area contributed by atoms with Crippen LogP contribution in [0.25, 0.3) is 0 Å². The third kappa shape index (κ3) is 8.18. The van der Waals surface area contributed by atoms with E-state index >= 15 is 0 Å². The van der Waals surface area contributed by atoms with Gasteiger partial charge in [-0.05, 0) is 141 Å². The molecule has 3 unspecified atom stereocenters. The summed E-state index contributed by atoms with van der Waals surface area (Å²) < 4.78 is 19.7. The fraction of sp³-hybridized carbons (Fsp3) is 0.587. The molecule has 3 heterocycles. The molecule has 3 aliphatic carbocycles. The van der Waals surface area contributed by atoms with Gasteiger partial charge in [0.2, 0.25) is 5.91 Å². The highest BCUT2D eigenvalue weighted by molar-refractivity contribution is 6.30. The largest absolute Gasteiger partial charge is 0.493 e. The molecule has 2 N–H and O–H groups in total. The van der Waals surface area contributed by atoms with Crippen molar-refractivity contribution >= 4 is 29.2 Å². The molecule has 10 nitrogen and oxygen atoms in total. The van der Waals surface area contributed by atoms with Crippen LogP contribution in [0, 0.1) is 23.7 Å². The Morgan fingerprint density at radius 1 is 1.09 bits per heavy atom. The smallest absolute Gasteiger partial charge is 0.329 e. The molecule has 0 radical (unpaired) electrons. The van der Waals surface area contributed by atoms with Gasteiger partial charge in [0.25, 0.3) is 0 Å². The molecule has 1 spiro atoms. The molecule has 1 saturated carbocycles. The molecule has 5 aliphatic rings. The number of benzene rings is 2. The van der Waals surface area contributed by atoms with E-state index in [0.717, 1.165) is 81.1 Å². The minimum Gasteiger partial charge on any atom is -0.493 e. The Morgan fingerprint density at radius 2 is 1.84 bits per heavy atom. The molecule has 306 valence electrons. The number of nitrogens with zero attached hydrogens (tertiary/aromatic N) is 3. The predicted octanol–water partition coefficient (Wildman–Crippen LogP) is 8.00. The number of aromatic nitrogens is 1. The zero-order chi connectivity index (χ0) is 39.9. The fourth-order valence-electron chi connectivity index (χ4n) is 10.9. The molecule has 1 amide bonds. The first-order chi connectivity index (χ1) is 27.4. The average molecular weight is 799 g/mol. The van der Waals surface area contributed by atoms with Gasteiger partial charge in [0.05, 0.1) is 19.8 Å². The van der Waals surface area contributed by atoms with Gasteiger partial charge in [0, 0.05) is 67.2 Å². The van der Waals surface area contributed by atoms with Crippen molar-refractivity contribution in [1.29, 1.82) is 0 Å². The van der Waals surface area contributed by atoms with E-state index in [2.05, 4.69) is 48.2 Å². The topological polar surface area (TPSA) is 113 Å². The van der Waals surface area contributed by atoms with Crippen LogP contribution < -0.4 is 19.5 Å². The van der Waals surface area contributed by atoms with Crippen molar-refractivity contribution in [3.05, 3.63) is 76.1 Å². The van der Waals surface area contributed by atoms with Gasteiger partial charge in [0.15, 0.2) is 11.5 Å². The maximum atomic E-state index is 13.1. The number of aryl methyl sites for hydroxylation is 1. The molecule has 11 heteroatoms. The second-order valence-corrected chi connectivity index (χ2v) is 18.6. The Hall–Kier alpha value is -4.02. The predicted molar refractivity (Wildman–Crippen MR) is 222 cm³/mol. The van der Waals surface area contributed by atoms with Crippen LogP contribution in [-0.4, -0.2) is 90.9 Å². The van der Waals surface area contributed by atoms with Crippen LogP contribution in [-0.2, 0) is 27.8 Å². The van der Waals surface area contributed by atoms with Crippen molar-refractivity contribution in [2.75, 3.05) is 58.9 Å². The molecule has 5 atom stereocenters. The third-order valence-corrected chi connectivity index (χ3v) is 14.1. The number of nitrogens with one attached hydrogen (secondary N) is 1. The quantitative estimate of drug-likeness (QED) is 0.188. The number of pyridine rings is 1. The zero-order valence-electron chi connectivity index (χ0n) is 34.0. The number of hydrogen-bond acceptors (Lipinski definition) is 8. The number of carbonyl (C=O) groups is 2. The number of rotatable bonds is 12. The molecule has 1 saturated heterocycles. The first-order valence-electron chi connectivity index (χ1n) is 21.1. The van der Waals surface area contributed by atoms with Crippen LogP contribution in [0.15, 0.2) is 48.7 Å². The highest BCUT2D eigenvalue weighted by atomic mass is 35.5. The molecule has 8 rings (SSSR count). The SMILES string of the molecule is C[C@@H](COc1ccnc2c1[C@H](C)CCC2)CC1Cc2cc3c(cc2C12CCC(Nc1cccc(Cl)c1)(C(=O)O)CC2)OCC(CN(C)CC1CC(=O)N(C)C1)CO3. The number of anilines is 1. The summed E-state index contributed by atoms with van der Waals surface area (Å²) in [5.74, 6) is 3.52. The molecular formula is C46H59ClN4O6. The van der Waals surface area contributed by atoms with Crippen molar-refractivity contribution in [2.24, 2.45) is 23.7 Å². The highest BCUT2D eigenvalue weighted by Gasteiger charge is 2.54. The van der Waals surface area contributed by atoms with Gasteiger partial charge in [-0.2, -0.15) is 0 Å². The van der Waals surface area contributed by atoms with Crippen LogP contribution in [0.3, 0.4) is 0 Å². The van der Waals surface area contributed by atoms with E-state index in [-0.39, 0.29) is 23.2 Å². The lowest BCUT2D eigenvalue weighted by Crippen LogP contribution is -2.53. The fourth-order valence-corrected chi connectivity index (χ4v) is 11.1. The van der Waals surface area contributed by atoms with Gasteiger partial charge in [-0.25, -0.2) is 4.79 Å². The number of fused-ring (bicyclic) bond motifs is 4. The van der Waals surface area contributed by atoms with Crippen molar-refractivity contribution < 1.29 is 28.9 Å². The number of aliphatic carboxylic acids is 1. The maximum Gasteiger partial charge on any atom is 0.329 e. The summed E-state index contributed by atoms with van der Waals surface area (Å²) in [6.45, 7) is 8.81. The van der Waals surface area contributed by atoms with Crippen LogP contribution in [0.2, 0.25) is 5.02 Å². The summed E-state index contributed by atoms with van der Waals surface area (Å²) in [4.78, 5) is 34.0. The van der Waals surface area contributed by atoms with Crippen molar-refractivity contribution in [3.63, 3.8) is 0 Å². The van der Waals surface area contributed by atoms with E-state index in [9.17, 15) is 14.7 Å². The van der Waals surface area contributed by atoms with Crippen molar-refractivity contribution in [2.45, 2.75) is 94.9 Å². The molecule has 1 aromatic heterocycles. The number of carboxylic acids is 1. The molecule has 3 aromatic rings. The summed E-state index contributed by atoms with van der Waals surface area (Å²) in [6.07, 6.45) is 10.2. The monoisotopic (exact) mass is 798 g/mol. The Balaban J connectivity index is 1.01. The molecule has 57 heavy (non-hydrogen) atoms. The number of likely N-dealkylation sites (tertiary alicyclic amines) is 1. The summed E-state index contributed by atoms with van der Waals surface area (Å²) in [7, 11) is 4.01. The highest BCUT2D eigenvalue weighted by Crippen LogP contribution is 2.58. The Labute approximate surface area is 342 Å². The van der Waals surface area contributed by atoms with E-state index in [4.69, 9.17) is 25.8 Å². The number of ether oxygens (including phenoxy) is 3. The van der Waals surface area contributed by atoms with Gasteiger partial charge in [-0.1, -0.05) is 31.5 Å². The minimum absolute atomic E-state index is 0.187. The Kier molecular flexibility index (Phi) is 11.4. The Bertz CT molecular complexity index is 1960. The Morgan fingerprint density at radius 3 is 2.56 bits per heavy atom. The molecule has 2 fully saturated rings. The van der Waals surface area contributed by atoms with Crippen LogP contribution >= 0.6 is 11.6 Å². The summed E-state index contributed by atoms with van der Waals surface area (Å²) in [6, 6.07) is 13.8. The van der Waals surface area contributed by atoms with Gasteiger partial charge in [-0.15, -0.1) is 0 Å². The minimum atomic E-state index is -1.10. The number of carboxylic acid groups (broad SMARTS) is 1. The standard InChI is InChI=1S/C46H59ClN4O6/c1-29(26-55-39-11-16-48-38-10-5-7-30(2)43(38)39)17-34-19-33-20-40-41(57-28-32(27-56-40)24-50(3)23-31-18-42(52)51(4)25-31)22-37(33)45(34)12-14-46(15-13-45,44(53)54)49-36-9-6-8-35(47)21-36/h6,8-9,11,16,20-22,29-32,34,49H,5,7,10,12-15,17-19,23-28H2,1-4H3,(H,53,54)/t29-,30-,31?,32?,34?,45?,46?/m1/s1. The van der Waals surface area contributed by atoms with Crippen LogP contribution in [0.5, 0.6) is 17.2 Å².